The molecule has 1 heterocycles. The van der Waals surface area contributed by atoms with Crippen molar-refractivity contribution in [1.29, 1.82) is 0 Å². The summed E-state index contributed by atoms with van der Waals surface area (Å²) in [6.45, 7) is 16.5. The molecule has 0 bridgehead atoms. The molecule has 0 aromatic heterocycles. The maximum Gasteiger partial charge on any atom is 0.334 e. The first-order chi connectivity index (χ1) is 27.6. The lowest BCUT2D eigenvalue weighted by atomic mass is 9.90. The molecule has 1 unspecified atom stereocenters. The molecule has 1 aliphatic heterocycles. The van der Waals surface area contributed by atoms with Crippen LogP contribution in [0.15, 0.2) is 53.6 Å². The Hall–Kier alpha value is -5.05. The third-order valence-corrected chi connectivity index (χ3v) is 10.8. The first kappa shape index (κ1) is 50.1. The summed E-state index contributed by atoms with van der Waals surface area (Å²) in [5.74, 6) is -5.83. The summed E-state index contributed by atoms with van der Waals surface area (Å²) < 4.78 is 11.5. The fraction of sp³-hybridized carbons (Fsp3) is 0.614. The molecule has 15 nitrogen and oxygen atoms in total. The van der Waals surface area contributed by atoms with Crippen LogP contribution in [0.1, 0.15) is 94.1 Å². The Balaban J connectivity index is 2.62. The van der Waals surface area contributed by atoms with E-state index in [1.807, 2.05) is 26.8 Å². The highest BCUT2D eigenvalue weighted by molar-refractivity contribution is 5.96. The number of rotatable bonds is 7. The van der Waals surface area contributed by atoms with Gasteiger partial charge in [-0.05, 0) is 70.4 Å². The SMILES string of the molecule is C/C=C(\C)[C@H]1OC(=O)[C@H](C)NC(=O)[C@H](C(C)CC)NC(=O)CN(C)C(=O)[C@@H](Cc2ccccc2)N(C)C(=O)[C@H](C)NC(=O)[C@@H](CC(C)C)OC(=O)/C(C)=C/C[C@H](O)[C@@H]1C. The minimum atomic E-state index is -1.26. The van der Waals surface area contributed by atoms with Crippen molar-refractivity contribution in [1.82, 2.24) is 25.8 Å². The number of esters is 2. The largest absolute Gasteiger partial charge is 0.456 e. The fourth-order valence-corrected chi connectivity index (χ4v) is 6.55. The number of ether oxygens (including phenoxy) is 2. The van der Waals surface area contributed by atoms with E-state index in [1.165, 1.54) is 50.7 Å². The van der Waals surface area contributed by atoms with Crippen LogP contribution in [0.5, 0.6) is 0 Å². The van der Waals surface area contributed by atoms with Gasteiger partial charge in [0.2, 0.25) is 23.6 Å². The molecule has 9 atom stereocenters. The van der Waals surface area contributed by atoms with Crippen molar-refractivity contribution in [2.45, 2.75) is 137 Å². The smallest absolute Gasteiger partial charge is 0.334 e. The van der Waals surface area contributed by atoms with Crippen molar-refractivity contribution >= 4 is 41.5 Å². The van der Waals surface area contributed by atoms with Crippen LogP contribution in [0.4, 0.5) is 0 Å². The van der Waals surface area contributed by atoms with Crippen LogP contribution >= 0.6 is 0 Å². The maximum absolute atomic E-state index is 14.1. The standard InChI is InChI=1S/C44H67N5O10/c1-13-26(5)37-40(53)46-31(10)44(57)59-38(27(6)14-2)29(8)34(50)21-20-28(7)43(56)58-35(22-25(3)4)39(52)45-30(9)41(54)49(12)33(23-32-18-16-15-17-19-32)42(55)48(11)24-36(51)47-37/h14-20,25-26,29-31,33-35,37-38,50H,13,21-24H2,1-12H3,(H,45,52)(H,46,53)(H,47,51)/b27-14+,28-20+/t26?,29-,30-,31-,33+,34-,35+,37-,38+/m0/s1. The van der Waals surface area contributed by atoms with E-state index < -0.39 is 96.4 Å². The molecule has 15 heteroatoms. The zero-order valence-electron chi connectivity index (χ0n) is 36.9. The lowest BCUT2D eigenvalue weighted by Crippen LogP contribution is -2.57. The summed E-state index contributed by atoms with van der Waals surface area (Å²) in [6, 6.07) is 4.53. The van der Waals surface area contributed by atoms with Gasteiger partial charge in [0.1, 0.15) is 30.3 Å². The Bertz CT molecular complexity index is 1700. The Morgan fingerprint density at radius 1 is 0.898 bits per heavy atom. The third-order valence-electron chi connectivity index (χ3n) is 10.8. The average Bonchev–Trinajstić information content (AvgIpc) is 3.20. The highest BCUT2D eigenvalue weighted by Gasteiger charge is 2.36. The van der Waals surface area contributed by atoms with Gasteiger partial charge in [-0.25, -0.2) is 9.59 Å². The van der Waals surface area contributed by atoms with Crippen LogP contribution in [-0.4, -0.2) is 120 Å². The molecule has 4 N–H and O–H groups in total. The number of likely N-dealkylation sites (N-methyl/N-ethyl adjacent to an activating group) is 2. The van der Waals surface area contributed by atoms with E-state index in [-0.39, 0.29) is 36.7 Å². The number of carbonyl (C=O) groups is 7. The molecule has 0 saturated carbocycles. The molecule has 59 heavy (non-hydrogen) atoms. The average molecular weight is 826 g/mol. The van der Waals surface area contributed by atoms with Crippen LogP contribution in [0.2, 0.25) is 0 Å². The first-order valence-corrected chi connectivity index (χ1v) is 20.5. The number of carbonyl (C=O) groups excluding carboxylic acids is 7. The molecule has 0 radical (unpaired) electrons. The van der Waals surface area contributed by atoms with Crippen molar-refractivity contribution in [3.05, 3.63) is 59.2 Å². The Morgan fingerprint density at radius 2 is 1.51 bits per heavy atom. The van der Waals surface area contributed by atoms with Crippen LogP contribution in [0.3, 0.4) is 0 Å². The van der Waals surface area contributed by atoms with Gasteiger partial charge in [-0.1, -0.05) is 83.5 Å². The zero-order chi connectivity index (χ0) is 44.7. The molecule has 2 rings (SSSR count). The fourth-order valence-electron chi connectivity index (χ4n) is 6.55. The summed E-state index contributed by atoms with van der Waals surface area (Å²) in [7, 11) is 2.85. The lowest BCUT2D eigenvalue weighted by molar-refractivity contribution is -0.155. The van der Waals surface area contributed by atoms with Crippen LogP contribution in [0, 0.1) is 17.8 Å². The summed E-state index contributed by atoms with van der Waals surface area (Å²) in [6.07, 6.45) is 0.687. The molecule has 0 aliphatic carbocycles. The summed E-state index contributed by atoms with van der Waals surface area (Å²) in [4.78, 5) is 98.0. The number of hydrogen-bond donors (Lipinski definition) is 4. The van der Waals surface area contributed by atoms with Crippen LogP contribution < -0.4 is 16.0 Å². The molecule has 1 aromatic rings. The van der Waals surface area contributed by atoms with Gasteiger partial charge in [0.15, 0.2) is 6.10 Å². The molecule has 5 amide bonds. The highest BCUT2D eigenvalue weighted by atomic mass is 16.6. The zero-order valence-corrected chi connectivity index (χ0v) is 36.9. The molecule has 0 spiro atoms. The predicted octanol–water partition coefficient (Wildman–Crippen LogP) is 3.24. The Labute approximate surface area is 349 Å². The maximum atomic E-state index is 14.1. The molecular formula is C44H67N5O10. The molecule has 1 aliphatic rings. The highest BCUT2D eigenvalue weighted by Crippen LogP contribution is 2.24. The summed E-state index contributed by atoms with van der Waals surface area (Å²) in [5, 5.41) is 19.3. The van der Waals surface area contributed by atoms with E-state index in [4.69, 9.17) is 9.47 Å². The number of aliphatic hydroxyl groups is 1. The molecule has 328 valence electrons. The van der Waals surface area contributed by atoms with Gasteiger partial charge < -0.3 is 40.3 Å². The third kappa shape index (κ3) is 14.9. The number of hydrogen-bond acceptors (Lipinski definition) is 10. The van der Waals surface area contributed by atoms with Crippen molar-refractivity contribution in [3.8, 4) is 0 Å². The molecule has 0 fully saturated rings. The lowest BCUT2D eigenvalue weighted by Gasteiger charge is -2.33. The first-order valence-electron chi connectivity index (χ1n) is 20.5. The molecular weight excluding hydrogens is 759 g/mol. The second-order valence-electron chi connectivity index (χ2n) is 16.2. The van der Waals surface area contributed by atoms with Gasteiger partial charge in [-0.2, -0.15) is 0 Å². The van der Waals surface area contributed by atoms with Crippen molar-refractivity contribution in [2.24, 2.45) is 17.8 Å². The predicted molar refractivity (Wildman–Crippen MR) is 223 cm³/mol. The number of nitrogens with zero attached hydrogens (tertiary/aromatic N) is 2. The normalized spacial score (nSPS) is 28.8. The number of nitrogens with one attached hydrogen (secondary N) is 3. The van der Waals surface area contributed by atoms with E-state index in [1.54, 1.807) is 58.0 Å². The van der Waals surface area contributed by atoms with Crippen molar-refractivity contribution in [2.75, 3.05) is 20.6 Å². The minimum absolute atomic E-state index is 0.0211. The van der Waals surface area contributed by atoms with Gasteiger partial charge in [0.25, 0.3) is 5.91 Å². The van der Waals surface area contributed by atoms with Gasteiger partial charge in [0.05, 0.1) is 12.6 Å². The van der Waals surface area contributed by atoms with E-state index in [0.717, 1.165) is 5.56 Å². The van der Waals surface area contributed by atoms with Crippen molar-refractivity contribution in [3.63, 3.8) is 0 Å². The minimum Gasteiger partial charge on any atom is -0.456 e. The van der Waals surface area contributed by atoms with Gasteiger partial charge in [0, 0.05) is 32.0 Å². The van der Waals surface area contributed by atoms with Crippen LogP contribution in [0.25, 0.3) is 0 Å². The molecule has 1 aromatic carbocycles. The van der Waals surface area contributed by atoms with E-state index in [9.17, 15) is 38.7 Å². The Morgan fingerprint density at radius 3 is 2.08 bits per heavy atom. The van der Waals surface area contributed by atoms with Crippen molar-refractivity contribution < 1.29 is 48.1 Å². The number of amides is 5. The van der Waals surface area contributed by atoms with E-state index in [0.29, 0.717) is 12.0 Å². The van der Waals surface area contributed by atoms with E-state index in [2.05, 4.69) is 16.0 Å². The topological polar surface area (TPSA) is 201 Å². The quantitative estimate of drug-likeness (QED) is 0.234. The number of aliphatic hydroxyl groups excluding tert-OH is 1. The van der Waals surface area contributed by atoms with E-state index >= 15 is 0 Å². The second kappa shape index (κ2) is 23.5. The Kier molecular flexibility index (Phi) is 20.0. The van der Waals surface area contributed by atoms with Gasteiger partial charge >= 0.3 is 11.9 Å². The number of allylic oxidation sites excluding steroid dienone is 1. The van der Waals surface area contributed by atoms with Gasteiger partial charge in [-0.3, -0.25) is 24.0 Å². The summed E-state index contributed by atoms with van der Waals surface area (Å²) >= 11 is 0. The second-order valence-corrected chi connectivity index (χ2v) is 16.2. The monoisotopic (exact) mass is 825 g/mol. The molecule has 0 saturated heterocycles. The summed E-state index contributed by atoms with van der Waals surface area (Å²) in [5.41, 5.74) is 1.51. The number of benzene rings is 1. The van der Waals surface area contributed by atoms with Crippen LogP contribution in [-0.2, 0) is 49.5 Å². The van der Waals surface area contributed by atoms with Gasteiger partial charge in [-0.15, -0.1) is 0 Å². The number of cyclic esters (lactones) is 2.